The number of fused-ring (bicyclic) bond motifs is 2. The fourth-order valence-corrected chi connectivity index (χ4v) is 5.95. The summed E-state index contributed by atoms with van der Waals surface area (Å²) in [5, 5.41) is 22.3. The Hall–Kier alpha value is -3.49. The largest absolute Gasteiger partial charge is 0.481 e. The molecule has 0 spiro atoms. The van der Waals surface area contributed by atoms with Crippen molar-refractivity contribution < 1.29 is 14.8 Å². The van der Waals surface area contributed by atoms with Gasteiger partial charge in [0, 0.05) is 63.1 Å². The molecule has 1 atom stereocenters. The minimum atomic E-state index is -0.900. The SMILES string of the molecule is Nc1cc(-c2ccc3c(CC(=O)O)cn(CC4CSc5ccc(Cl)cc54)c3c2)cc([N+](=O)[O-])c1. The topological polar surface area (TPSA) is 111 Å². The first-order valence-electron chi connectivity index (χ1n) is 10.6. The maximum absolute atomic E-state index is 11.5. The second-order valence-electron chi connectivity index (χ2n) is 8.37. The fourth-order valence-electron chi connectivity index (χ4n) is 4.55. The molecule has 0 fully saturated rings. The molecule has 7 nitrogen and oxygen atoms in total. The summed E-state index contributed by atoms with van der Waals surface area (Å²) in [6.45, 7) is 0.664. The van der Waals surface area contributed by atoms with Crippen LogP contribution in [0.3, 0.4) is 0 Å². The number of halogens is 1. The molecule has 2 heterocycles. The molecule has 1 aliphatic heterocycles. The molecule has 34 heavy (non-hydrogen) atoms. The highest BCUT2D eigenvalue weighted by Gasteiger charge is 2.25. The summed E-state index contributed by atoms with van der Waals surface area (Å²) in [6, 6.07) is 16.1. The van der Waals surface area contributed by atoms with E-state index in [9.17, 15) is 20.0 Å². The zero-order valence-electron chi connectivity index (χ0n) is 17.9. The number of carboxylic acid groups (broad SMARTS) is 1. The van der Waals surface area contributed by atoms with E-state index in [-0.39, 0.29) is 18.0 Å². The second-order valence-corrected chi connectivity index (χ2v) is 9.87. The quantitative estimate of drug-likeness (QED) is 0.194. The van der Waals surface area contributed by atoms with Crippen LogP contribution in [-0.4, -0.2) is 26.3 Å². The highest BCUT2D eigenvalue weighted by atomic mass is 35.5. The number of aliphatic carboxylic acids is 1. The molecular formula is C25H20ClN3O4S. The number of carbonyl (C=O) groups is 1. The second kappa shape index (κ2) is 8.70. The van der Waals surface area contributed by atoms with Crippen LogP contribution in [0.25, 0.3) is 22.0 Å². The van der Waals surface area contributed by atoms with Gasteiger partial charge in [0.15, 0.2) is 0 Å². The van der Waals surface area contributed by atoms with Crippen molar-refractivity contribution in [1.82, 2.24) is 4.57 Å². The van der Waals surface area contributed by atoms with Gasteiger partial charge in [-0.3, -0.25) is 14.9 Å². The monoisotopic (exact) mass is 493 g/mol. The Bertz CT molecular complexity index is 1470. The van der Waals surface area contributed by atoms with Gasteiger partial charge < -0.3 is 15.4 Å². The first kappa shape index (κ1) is 22.3. The van der Waals surface area contributed by atoms with Gasteiger partial charge in [-0.15, -0.1) is 11.8 Å². The Balaban J connectivity index is 1.60. The average molecular weight is 494 g/mol. The number of rotatable bonds is 6. The highest BCUT2D eigenvalue weighted by Crippen LogP contribution is 2.42. The van der Waals surface area contributed by atoms with E-state index in [1.54, 1.807) is 17.8 Å². The van der Waals surface area contributed by atoms with Gasteiger partial charge in [-0.05, 0) is 52.6 Å². The lowest BCUT2D eigenvalue weighted by atomic mass is 10.0. The Morgan fingerprint density at radius 2 is 2.00 bits per heavy atom. The normalized spacial score (nSPS) is 14.9. The summed E-state index contributed by atoms with van der Waals surface area (Å²) in [4.78, 5) is 23.5. The average Bonchev–Trinajstić information content (AvgIpc) is 3.34. The van der Waals surface area contributed by atoms with Crippen molar-refractivity contribution in [2.45, 2.75) is 23.8 Å². The van der Waals surface area contributed by atoms with Crippen molar-refractivity contribution in [2.24, 2.45) is 0 Å². The van der Waals surface area contributed by atoms with Crippen molar-refractivity contribution in [3.63, 3.8) is 0 Å². The molecule has 0 bridgehead atoms. The van der Waals surface area contributed by atoms with E-state index in [0.29, 0.717) is 22.8 Å². The summed E-state index contributed by atoms with van der Waals surface area (Å²) in [7, 11) is 0. The van der Waals surface area contributed by atoms with Crippen molar-refractivity contribution in [3.05, 3.63) is 87.1 Å². The standard InChI is InChI=1S/C25H20ClN3O4S/c26-18-2-4-24-22(9-18)17(13-34-24)12-28-11-16(8-25(30)31)21-3-1-14(7-23(21)28)15-5-19(27)10-20(6-15)29(32)33/h1-7,9-11,17H,8,12-13,27H2,(H,30,31). The number of nitrogens with two attached hydrogens (primary N) is 1. The molecule has 0 saturated carbocycles. The molecule has 0 amide bonds. The number of nitro groups is 1. The van der Waals surface area contributed by atoms with E-state index in [1.165, 1.54) is 22.6 Å². The Morgan fingerprint density at radius 3 is 2.76 bits per heavy atom. The van der Waals surface area contributed by atoms with E-state index in [1.807, 2.05) is 42.6 Å². The van der Waals surface area contributed by atoms with E-state index < -0.39 is 10.9 Å². The Morgan fingerprint density at radius 1 is 1.18 bits per heavy atom. The molecular weight excluding hydrogens is 474 g/mol. The molecule has 5 rings (SSSR count). The Labute approximate surface area is 204 Å². The molecule has 1 aliphatic rings. The molecule has 0 radical (unpaired) electrons. The minimum absolute atomic E-state index is 0.0755. The highest BCUT2D eigenvalue weighted by molar-refractivity contribution is 7.99. The summed E-state index contributed by atoms with van der Waals surface area (Å²) in [5.41, 5.74) is 10.3. The van der Waals surface area contributed by atoms with Gasteiger partial charge in [0.1, 0.15) is 0 Å². The third-order valence-electron chi connectivity index (χ3n) is 6.06. The van der Waals surface area contributed by atoms with E-state index in [4.69, 9.17) is 17.3 Å². The summed E-state index contributed by atoms with van der Waals surface area (Å²) >= 11 is 8.03. The molecule has 3 N–H and O–H groups in total. The third-order valence-corrected chi connectivity index (χ3v) is 7.55. The first-order valence-corrected chi connectivity index (χ1v) is 12.0. The lowest BCUT2D eigenvalue weighted by molar-refractivity contribution is -0.384. The fraction of sp³-hybridized carbons (Fsp3) is 0.160. The maximum Gasteiger partial charge on any atom is 0.307 e. The van der Waals surface area contributed by atoms with Crippen LogP contribution in [0.2, 0.25) is 5.02 Å². The van der Waals surface area contributed by atoms with E-state index in [2.05, 4.69) is 4.57 Å². The van der Waals surface area contributed by atoms with Crippen LogP contribution in [-0.2, 0) is 17.8 Å². The molecule has 9 heteroatoms. The third kappa shape index (κ3) is 4.22. The van der Waals surface area contributed by atoms with Gasteiger partial charge in [-0.25, -0.2) is 0 Å². The van der Waals surface area contributed by atoms with Crippen LogP contribution in [0.15, 0.2) is 65.7 Å². The maximum atomic E-state index is 11.5. The van der Waals surface area contributed by atoms with Crippen molar-refractivity contribution in [3.8, 4) is 11.1 Å². The summed E-state index contributed by atoms with van der Waals surface area (Å²) in [6.07, 6.45) is 1.81. The van der Waals surface area contributed by atoms with Gasteiger partial charge in [0.25, 0.3) is 5.69 Å². The number of nitro benzene ring substituents is 1. The number of carboxylic acids is 1. The lowest BCUT2D eigenvalue weighted by Crippen LogP contribution is -2.08. The van der Waals surface area contributed by atoms with E-state index in [0.717, 1.165) is 27.8 Å². The summed E-state index contributed by atoms with van der Waals surface area (Å²) < 4.78 is 2.08. The van der Waals surface area contributed by atoms with Crippen LogP contribution < -0.4 is 5.73 Å². The predicted octanol–water partition coefficient (Wildman–Crippen LogP) is 5.97. The molecule has 4 aromatic rings. The number of aromatic nitrogens is 1. The zero-order chi connectivity index (χ0) is 24.0. The number of hydrogen-bond acceptors (Lipinski definition) is 5. The number of nitrogen functional groups attached to an aromatic ring is 1. The first-order chi connectivity index (χ1) is 16.3. The zero-order valence-corrected chi connectivity index (χ0v) is 19.5. The van der Waals surface area contributed by atoms with Crippen LogP contribution in [0, 0.1) is 10.1 Å². The predicted molar refractivity (Wildman–Crippen MR) is 135 cm³/mol. The number of non-ortho nitro benzene ring substituents is 1. The van der Waals surface area contributed by atoms with Crippen molar-refractivity contribution >= 4 is 51.6 Å². The number of benzene rings is 3. The van der Waals surface area contributed by atoms with Gasteiger partial charge in [-0.2, -0.15) is 0 Å². The molecule has 172 valence electrons. The van der Waals surface area contributed by atoms with Gasteiger partial charge in [0.05, 0.1) is 11.3 Å². The molecule has 1 unspecified atom stereocenters. The molecule has 1 aromatic heterocycles. The van der Waals surface area contributed by atoms with Crippen molar-refractivity contribution in [1.29, 1.82) is 0 Å². The summed E-state index contributed by atoms with van der Waals surface area (Å²) in [5.74, 6) is 0.234. The molecule has 0 aliphatic carbocycles. The van der Waals surface area contributed by atoms with Crippen LogP contribution in [0.1, 0.15) is 17.0 Å². The lowest BCUT2D eigenvalue weighted by Gasteiger charge is -2.14. The van der Waals surface area contributed by atoms with E-state index >= 15 is 0 Å². The number of hydrogen-bond donors (Lipinski definition) is 2. The molecule has 3 aromatic carbocycles. The molecule has 0 saturated heterocycles. The van der Waals surface area contributed by atoms with Crippen molar-refractivity contribution in [2.75, 3.05) is 11.5 Å². The smallest absolute Gasteiger partial charge is 0.307 e. The number of thioether (sulfide) groups is 1. The number of nitrogens with zero attached hydrogens (tertiary/aromatic N) is 2. The van der Waals surface area contributed by atoms with Gasteiger partial charge in [-0.1, -0.05) is 23.7 Å². The van der Waals surface area contributed by atoms with Crippen LogP contribution in [0.4, 0.5) is 11.4 Å². The Kier molecular flexibility index (Phi) is 5.71. The van der Waals surface area contributed by atoms with Crippen LogP contribution in [0.5, 0.6) is 0 Å². The van der Waals surface area contributed by atoms with Crippen LogP contribution >= 0.6 is 23.4 Å². The van der Waals surface area contributed by atoms with Gasteiger partial charge in [0.2, 0.25) is 0 Å². The van der Waals surface area contributed by atoms with Gasteiger partial charge >= 0.3 is 5.97 Å². The number of anilines is 1. The minimum Gasteiger partial charge on any atom is -0.481 e.